The van der Waals surface area contributed by atoms with Crippen molar-refractivity contribution >= 4 is 45.7 Å². The molecule has 3 aromatic carbocycles. The Labute approximate surface area is 132 Å². The van der Waals surface area contributed by atoms with Gasteiger partial charge in [-0.3, -0.25) is 0 Å². The normalized spacial score (nSPS) is 13.1. The monoisotopic (exact) mass is 299 g/mol. The van der Waals surface area contributed by atoms with Gasteiger partial charge in [0.1, 0.15) is 0 Å². The Kier molecular flexibility index (Phi) is 2.49. The molecule has 4 aromatic rings. The van der Waals surface area contributed by atoms with Crippen molar-refractivity contribution in [2.24, 2.45) is 0 Å². The maximum Gasteiger partial charge on any atom is 0.0476 e. The molecule has 1 aliphatic rings. The number of hydrogen-bond donors (Lipinski definition) is 1. The fraction of sp³-hybridized carbons (Fsp3) is 0. The van der Waals surface area contributed by atoms with E-state index in [1.165, 1.54) is 42.7 Å². The molecule has 0 bridgehead atoms. The Morgan fingerprint density at radius 2 is 1.50 bits per heavy atom. The zero-order valence-electron chi connectivity index (χ0n) is 11.8. The largest absolute Gasteiger partial charge is 0.354 e. The number of benzene rings is 3. The molecule has 0 amide bonds. The third kappa shape index (κ3) is 1.68. The molecule has 2 heterocycles. The van der Waals surface area contributed by atoms with E-state index < -0.39 is 0 Å². The van der Waals surface area contributed by atoms with Crippen LogP contribution in [0.25, 0.3) is 34.0 Å². The summed E-state index contributed by atoms with van der Waals surface area (Å²) in [7, 11) is 0. The lowest BCUT2D eigenvalue weighted by atomic mass is 10.1. The van der Waals surface area contributed by atoms with Gasteiger partial charge in [0.25, 0.3) is 0 Å². The molecule has 22 heavy (non-hydrogen) atoms. The van der Waals surface area contributed by atoms with Crippen molar-refractivity contribution < 1.29 is 0 Å². The van der Waals surface area contributed by atoms with Gasteiger partial charge in [-0.05, 0) is 29.3 Å². The summed E-state index contributed by atoms with van der Waals surface area (Å²) >= 11 is 1.87. The van der Waals surface area contributed by atoms with Crippen LogP contribution < -0.4 is 0 Å². The van der Waals surface area contributed by atoms with Gasteiger partial charge < -0.3 is 4.98 Å². The van der Waals surface area contributed by atoms with Gasteiger partial charge in [-0.2, -0.15) is 0 Å². The maximum absolute atomic E-state index is 3.54. The fourth-order valence-corrected chi connectivity index (χ4v) is 4.36. The SMILES string of the molecule is C1=Cc2ccc3[nH]c4ccccc4c3c2Sc2ccccc21. The van der Waals surface area contributed by atoms with Crippen LogP contribution >= 0.6 is 11.8 Å². The van der Waals surface area contributed by atoms with Gasteiger partial charge in [0, 0.05) is 31.6 Å². The number of para-hydroxylation sites is 1. The van der Waals surface area contributed by atoms with Gasteiger partial charge in [0.15, 0.2) is 0 Å². The molecule has 1 N–H and O–H groups in total. The highest BCUT2D eigenvalue weighted by Crippen LogP contribution is 2.43. The molecule has 5 rings (SSSR count). The lowest BCUT2D eigenvalue weighted by molar-refractivity contribution is 1.41. The van der Waals surface area contributed by atoms with E-state index in [2.05, 4.69) is 77.8 Å². The van der Waals surface area contributed by atoms with Crippen molar-refractivity contribution in [3.8, 4) is 0 Å². The Bertz CT molecular complexity index is 1060. The number of nitrogens with one attached hydrogen (secondary N) is 1. The number of fused-ring (bicyclic) bond motifs is 6. The highest BCUT2D eigenvalue weighted by Gasteiger charge is 2.16. The molecular formula is C20H13NS. The average Bonchev–Trinajstić information content (AvgIpc) is 2.83. The molecule has 1 nitrogen and oxygen atoms in total. The first-order chi connectivity index (χ1) is 10.9. The first-order valence-corrected chi connectivity index (χ1v) is 8.20. The number of hydrogen-bond acceptors (Lipinski definition) is 1. The minimum absolute atomic E-state index is 1.20. The van der Waals surface area contributed by atoms with E-state index >= 15 is 0 Å². The molecule has 2 heteroatoms. The summed E-state index contributed by atoms with van der Waals surface area (Å²) in [4.78, 5) is 6.19. The van der Waals surface area contributed by atoms with Gasteiger partial charge in [0.05, 0.1) is 0 Å². The van der Waals surface area contributed by atoms with Gasteiger partial charge in [-0.15, -0.1) is 0 Å². The van der Waals surface area contributed by atoms with Crippen LogP contribution in [0.5, 0.6) is 0 Å². The molecule has 1 aliphatic heterocycles. The van der Waals surface area contributed by atoms with E-state index in [4.69, 9.17) is 0 Å². The zero-order chi connectivity index (χ0) is 14.5. The van der Waals surface area contributed by atoms with E-state index in [1.807, 2.05) is 11.8 Å². The van der Waals surface area contributed by atoms with Gasteiger partial charge in [-0.1, -0.05) is 66.4 Å². The quantitative estimate of drug-likeness (QED) is 0.373. The van der Waals surface area contributed by atoms with Crippen molar-refractivity contribution in [1.82, 2.24) is 4.98 Å². The first-order valence-electron chi connectivity index (χ1n) is 7.38. The molecule has 0 unspecified atom stereocenters. The lowest BCUT2D eigenvalue weighted by Gasteiger charge is -2.07. The van der Waals surface area contributed by atoms with Crippen LogP contribution in [0, 0.1) is 0 Å². The molecule has 0 fully saturated rings. The molecule has 1 aromatic heterocycles. The summed E-state index contributed by atoms with van der Waals surface area (Å²) in [6.45, 7) is 0. The van der Waals surface area contributed by atoms with Crippen LogP contribution in [0.15, 0.2) is 70.5 Å². The van der Waals surface area contributed by atoms with Crippen LogP contribution in [0.1, 0.15) is 11.1 Å². The molecule has 0 saturated carbocycles. The van der Waals surface area contributed by atoms with Crippen LogP contribution in [-0.2, 0) is 0 Å². The topological polar surface area (TPSA) is 15.8 Å². The second kappa shape index (κ2) is 4.52. The van der Waals surface area contributed by atoms with Crippen LogP contribution in [0.3, 0.4) is 0 Å². The minimum atomic E-state index is 1.20. The van der Waals surface area contributed by atoms with Crippen molar-refractivity contribution in [2.45, 2.75) is 9.79 Å². The third-order valence-corrected chi connectivity index (χ3v) is 5.46. The Hall–Kier alpha value is -2.45. The summed E-state index contributed by atoms with van der Waals surface area (Å²) in [5.41, 5.74) is 4.99. The standard InChI is InChI=1S/C20H13NS/c1-4-8-18-13(5-1)9-10-14-11-12-17-19(20(14)22-18)15-6-2-3-7-16(15)21-17/h1-12,21H. The van der Waals surface area contributed by atoms with E-state index in [1.54, 1.807) is 0 Å². The van der Waals surface area contributed by atoms with Crippen molar-refractivity contribution in [3.05, 3.63) is 71.8 Å². The highest BCUT2D eigenvalue weighted by molar-refractivity contribution is 7.99. The van der Waals surface area contributed by atoms with Crippen LogP contribution in [-0.4, -0.2) is 4.98 Å². The summed E-state index contributed by atoms with van der Waals surface area (Å²) in [6, 6.07) is 21.5. The van der Waals surface area contributed by atoms with E-state index in [9.17, 15) is 0 Å². The fourth-order valence-electron chi connectivity index (χ4n) is 3.17. The van der Waals surface area contributed by atoms with Gasteiger partial charge in [-0.25, -0.2) is 0 Å². The molecule has 104 valence electrons. The second-order valence-electron chi connectivity index (χ2n) is 5.55. The molecular weight excluding hydrogens is 286 g/mol. The summed E-state index contributed by atoms with van der Waals surface area (Å²) in [5.74, 6) is 0. The molecule has 0 atom stereocenters. The predicted molar refractivity (Wildman–Crippen MR) is 95.3 cm³/mol. The Balaban J connectivity index is 1.89. The number of rotatable bonds is 0. The molecule has 0 spiro atoms. The minimum Gasteiger partial charge on any atom is -0.354 e. The van der Waals surface area contributed by atoms with Crippen molar-refractivity contribution in [1.29, 1.82) is 0 Å². The lowest BCUT2D eigenvalue weighted by Crippen LogP contribution is -1.81. The average molecular weight is 299 g/mol. The van der Waals surface area contributed by atoms with E-state index in [0.29, 0.717) is 0 Å². The van der Waals surface area contributed by atoms with Crippen molar-refractivity contribution in [3.63, 3.8) is 0 Å². The molecule has 0 saturated heterocycles. The van der Waals surface area contributed by atoms with Gasteiger partial charge in [0.2, 0.25) is 0 Å². The van der Waals surface area contributed by atoms with Crippen LogP contribution in [0.4, 0.5) is 0 Å². The molecule has 0 aliphatic carbocycles. The summed E-state index contributed by atoms with van der Waals surface area (Å²) in [6.07, 6.45) is 4.45. The summed E-state index contributed by atoms with van der Waals surface area (Å²) in [5, 5.41) is 2.63. The Morgan fingerprint density at radius 1 is 0.682 bits per heavy atom. The van der Waals surface area contributed by atoms with Crippen molar-refractivity contribution in [2.75, 3.05) is 0 Å². The number of H-pyrrole nitrogens is 1. The molecule has 0 radical (unpaired) electrons. The van der Waals surface area contributed by atoms with E-state index in [0.717, 1.165) is 0 Å². The second-order valence-corrected chi connectivity index (χ2v) is 6.60. The predicted octanol–water partition coefficient (Wildman–Crippen LogP) is 5.96. The number of aromatic amines is 1. The first kappa shape index (κ1) is 12.1. The van der Waals surface area contributed by atoms with Crippen LogP contribution in [0.2, 0.25) is 0 Å². The smallest absolute Gasteiger partial charge is 0.0476 e. The third-order valence-electron chi connectivity index (χ3n) is 4.23. The van der Waals surface area contributed by atoms with Gasteiger partial charge >= 0.3 is 0 Å². The zero-order valence-corrected chi connectivity index (χ0v) is 12.7. The Morgan fingerprint density at radius 3 is 2.50 bits per heavy atom. The van der Waals surface area contributed by atoms with E-state index in [-0.39, 0.29) is 0 Å². The summed E-state index contributed by atoms with van der Waals surface area (Å²) < 4.78 is 0. The highest BCUT2D eigenvalue weighted by atomic mass is 32.2. The number of aromatic nitrogens is 1. The maximum atomic E-state index is 3.54.